The van der Waals surface area contributed by atoms with Gasteiger partial charge in [-0.05, 0) is 25.3 Å². The summed E-state index contributed by atoms with van der Waals surface area (Å²) in [6.07, 6.45) is 2.83. The summed E-state index contributed by atoms with van der Waals surface area (Å²) in [5.41, 5.74) is 0.964. The number of pyridine rings is 1. The van der Waals surface area contributed by atoms with Crippen molar-refractivity contribution >= 4 is 11.9 Å². The number of nitrogens with one attached hydrogen (secondary N) is 1. The van der Waals surface area contributed by atoms with Gasteiger partial charge in [-0.25, -0.2) is 9.78 Å². The molecule has 182 valence electrons. The summed E-state index contributed by atoms with van der Waals surface area (Å²) in [5, 5.41) is 12.6. The molecule has 1 aromatic rings. The van der Waals surface area contributed by atoms with Gasteiger partial charge in [0.25, 0.3) is 5.91 Å². The van der Waals surface area contributed by atoms with Gasteiger partial charge in [0.1, 0.15) is 11.7 Å². The van der Waals surface area contributed by atoms with Crippen molar-refractivity contribution in [2.24, 2.45) is 11.8 Å². The van der Waals surface area contributed by atoms with Crippen molar-refractivity contribution in [3.05, 3.63) is 23.4 Å². The van der Waals surface area contributed by atoms with E-state index in [9.17, 15) is 14.7 Å². The highest BCUT2D eigenvalue weighted by atomic mass is 16.5. The van der Waals surface area contributed by atoms with E-state index in [1.807, 2.05) is 20.8 Å². The van der Waals surface area contributed by atoms with Gasteiger partial charge >= 0.3 is 6.03 Å². The summed E-state index contributed by atoms with van der Waals surface area (Å²) in [6.45, 7) is 11.2. The molecule has 2 heterocycles. The molecule has 0 bridgehead atoms. The zero-order chi connectivity index (χ0) is 24.5. The molecule has 0 spiro atoms. The van der Waals surface area contributed by atoms with Crippen LogP contribution in [-0.4, -0.2) is 77.3 Å². The molecule has 0 saturated carbocycles. The molecule has 0 unspecified atom stereocenters. The minimum Gasteiger partial charge on any atom is -0.472 e. The molecule has 3 atom stereocenters. The van der Waals surface area contributed by atoms with Crippen LogP contribution in [0.15, 0.2) is 12.3 Å². The number of amides is 3. The van der Waals surface area contributed by atoms with Crippen LogP contribution in [-0.2, 0) is 0 Å². The Morgan fingerprint density at radius 3 is 2.79 bits per heavy atom. The third-order valence-corrected chi connectivity index (χ3v) is 5.59. The monoisotopic (exact) mass is 458 g/mol. The third-order valence-electron chi connectivity index (χ3n) is 5.59. The van der Waals surface area contributed by atoms with Crippen molar-refractivity contribution in [2.45, 2.75) is 59.6 Å². The van der Waals surface area contributed by atoms with Crippen LogP contribution < -0.4 is 10.1 Å². The minimum atomic E-state index is -0.381. The van der Waals surface area contributed by atoms with Gasteiger partial charge < -0.3 is 25.0 Å². The molecule has 1 aliphatic rings. The molecule has 1 aromatic heterocycles. The number of aliphatic hydroxyl groups is 1. The van der Waals surface area contributed by atoms with Gasteiger partial charge in [0.05, 0.1) is 19.2 Å². The Morgan fingerprint density at radius 1 is 1.42 bits per heavy atom. The summed E-state index contributed by atoms with van der Waals surface area (Å²) < 4.78 is 6.21. The number of fused-ring (bicyclic) bond motifs is 1. The van der Waals surface area contributed by atoms with Crippen molar-refractivity contribution < 1.29 is 19.4 Å². The lowest BCUT2D eigenvalue weighted by atomic mass is 10.00. The lowest BCUT2D eigenvalue weighted by Crippen LogP contribution is -2.51. The van der Waals surface area contributed by atoms with E-state index < -0.39 is 0 Å². The van der Waals surface area contributed by atoms with Crippen molar-refractivity contribution in [2.75, 3.05) is 33.3 Å². The molecule has 8 nitrogen and oxygen atoms in total. The Hall–Kier alpha value is -2.79. The largest absolute Gasteiger partial charge is 0.472 e. The molecule has 2 rings (SSSR count). The molecule has 0 aliphatic carbocycles. The number of aromatic nitrogens is 1. The fourth-order valence-electron chi connectivity index (χ4n) is 3.47. The number of likely N-dealkylation sites (N-methyl/N-ethyl adjacent to an activating group) is 1. The molecular weight excluding hydrogens is 420 g/mol. The minimum absolute atomic E-state index is 0.0927. The first kappa shape index (κ1) is 26.5. The molecule has 0 saturated heterocycles. The van der Waals surface area contributed by atoms with E-state index in [2.05, 4.69) is 36.0 Å². The molecule has 1 aliphatic heterocycles. The molecule has 8 heteroatoms. The van der Waals surface area contributed by atoms with Crippen molar-refractivity contribution in [1.29, 1.82) is 0 Å². The summed E-state index contributed by atoms with van der Waals surface area (Å²) >= 11 is 0. The van der Waals surface area contributed by atoms with E-state index in [0.29, 0.717) is 36.7 Å². The second kappa shape index (κ2) is 12.4. The SMILES string of the molecule is CCCNC(=O)N(C)C[C@H]1Oc2ncc(C#CCC(C)C)cc2C(=O)N([C@H](C)CO)C[C@@H]1C. The van der Waals surface area contributed by atoms with Crippen LogP contribution >= 0.6 is 0 Å². The molecular formula is C25H38N4O4. The van der Waals surface area contributed by atoms with Crippen LogP contribution in [0, 0.1) is 23.7 Å². The number of carbonyl (C=O) groups is 2. The average Bonchev–Trinajstić information content (AvgIpc) is 2.79. The highest BCUT2D eigenvalue weighted by molar-refractivity contribution is 5.97. The van der Waals surface area contributed by atoms with Gasteiger partial charge in [-0.1, -0.05) is 39.5 Å². The zero-order valence-electron chi connectivity index (χ0n) is 20.7. The van der Waals surface area contributed by atoms with Crippen LogP contribution in [0.1, 0.15) is 63.4 Å². The highest BCUT2D eigenvalue weighted by Gasteiger charge is 2.34. The number of hydrogen-bond donors (Lipinski definition) is 2. The summed E-state index contributed by atoms with van der Waals surface area (Å²) in [5.74, 6) is 6.54. The number of rotatable bonds is 7. The van der Waals surface area contributed by atoms with Crippen molar-refractivity contribution in [3.8, 4) is 17.7 Å². The summed E-state index contributed by atoms with van der Waals surface area (Å²) in [6, 6.07) is 1.17. The maximum atomic E-state index is 13.4. The highest BCUT2D eigenvalue weighted by Crippen LogP contribution is 2.27. The predicted molar refractivity (Wildman–Crippen MR) is 128 cm³/mol. The van der Waals surface area contributed by atoms with Crippen LogP contribution in [0.3, 0.4) is 0 Å². The third kappa shape index (κ3) is 7.36. The number of ether oxygens (including phenoxy) is 1. The quantitative estimate of drug-likeness (QED) is 0.613. The maximum Gasteiger partial charge on any atom is 0.317 e. The Bertz CT molecular complexity index is 877. The van der Waals surface area contributed by atoms with Gasteiger partial charge in [0.2, 0.25) is 5.88 Å². The standard InChI is InChI=1S/C25H38N4O4/c1-7-11-26-25(32)28(6)15-22-18(4)14-29(19(5)16-30)24(31)21-12-20(10-8-9-17(2)3)13-27-23(21)33-22/h12-13,17-19,22,30H,7,9,11,14-16H2,1-6H3,(H,26,32)/t18-,19+,22+/m0/s1. The molecule has 0 fully saturated rings. The smallest absolute Gasteiger partial charge is 0.317 e. The van der Waals surface area contributed by atoms with Gasteiger partial charge in [-0.15, -0.1) is 0 Å². The molecule has 2 N–H and O–H groups in total. The van der Waals surface area contributed by atoms with Gasteiger partial charge in [-0.2, -0.15) is 0 Å². The van der Waals surface area contributed by atoms with Crippen LogP contribution in [0.5, 0.6) is 5.88 Å². The fourth-order valence-corrected chi connectivity index (χ4v) is 3.47. The second-order valence-electron chi connectivity index (χ2n) is 9.21. The second-order valence-corrected chi connectivity index (χ2v) is 9.21. The molecule has 3 amide bonds. The first-order valence-corrected chi connectivity index (χ1v) is 11.7. The van der Waals surface area contributed by atoms with Crippen molar-refractivity contribution in [1.82, 2.24) is 20.1 Å². The predicted octanol–water partition coefficient (Wildman–Crippen LogP) is 2.75. The van der Waals surface area contributed by atoms with E-state index in [1.165, 1.54) is 0 Å². The molecule has 33 heavy (non-hydrogen) atoms. The molecule has 0 aromatic carbocycles. The number of carbonyl (C=O) groups excluding carboxylic acids is 2. The summed E-state index contributed by atoms with van der Waals surface area (Å²) in [7, 11) is 1.72. The fraction of sp³-hybridized carbons (Fsp3) is 0.640. The Morgan fingerprint density at radius 2 is 2.15 bits per heavy atom. The first-order valence-electron chi connectivity index (χ1n) is 11.7. The van der Waals surface area contributed by atoms with Crippen LogP contribution in [0.2, 0.25) is 0 Å². The van der Waals surface area contributed by atoms with E-state index >= 15 is 0 Å². The van der Waals surface area contributed by atoms with Crippen LogP contribution in [0.4, 0.5) is 4.79 Å². The number of urea groups is 1. The van der Waals surface area contributed by atoms with Crippen LogP contribution in [0.25, 0.3) is 0 Å². The topological polar surface area (TPSA) is 95.0 Å². The lowest BCUT2D eigenvalue weighted by molar-refractivity contribution is 0.0352. The van der Waals surface area contributed by atoms with E-state index in [1.54, 1.807) is 29.1 Å². The Balaban J connectivity index is 2.38. The normalized spacial score (nSPS) is 18.9. The molecule has 0 radical (unpaired) electrons. The van der Waals surface area contributed by atoms with E-state index in [0.717, 1.165) is 12.8 Å². The van der Waals surface area contributed by atoms with Gasteiger partial charge in [-0.3, -0.25) is 4.79 Å². The van der Waals surface area contributed by atoms with Gasteiger partial charge in [0.15, 0.2) is 0 Å². The lowest BCUT2D eigenvalue weighted by Gasteiger charge is -2.37. The Kier molecular flexibility index (Phi) is 9.98. The average molecular weight is 459 g/mol. The summed E-state index contributed by atoms with van der Waals surface area (Å²) in [4.78, 5) is 33.4. The van der Waals surface area contributed by atoms with Gasteiger partial charge in [0, 0.05) is 44.2 Å². The van der Waals surface area contributed by atoms with Crippen molar-refractivity contribution in [3.63, 3.8) is 0 Å². The first-order chi connectivity index (χ1) is 15.7. The number of hydrogen-bond acceptors (Lipinski definition) is 5. The number of nitrogens with zero attached hydrogens (tertiary/aromatic N) is 3. The Labute approximate surface area is 197 Å². The number of aliphatic hydroxyl groups excluding tert-OH is 1. The zero-order valence-corrected chi connectivity index (χ0v) is 20.7. The van der Waals surface area contributed by atoms with E-state index in [4.69, 9.17) is 4.74 Å². The maximum absolute atomic E-state index is 13.4. The van der Waals surface area contributed by atoms with E-state index in [-0.39, 0.29) is 42.5 Å².